The second kappa shape index (κ2) is 11.7. The van der Waals surface area contributed by atoms with E-state index in [4.69, 9.17) is 4.98 Å². The number of hydrogen-bond donors (Lipinski definition) is 1. The third kappa shape index (κ3) is 5.97. The molecule has 3 heterocycles. The molecule has 1 saturated heterocycles. The minimum atomic E-state index is -0.267. The van der Waals surface area contributed by atoms with Crippen LogP contribution in [0.1, 0.15) is 52.5 Å². The Hall–Kier alpha value is -2.20. The summed E-state index contributed by atoms with van der Waals surface area (Å²) in [6.07, 6.45) is 5.19. The summed E-state index contributed by atoms with van der Waals surface area (Å²) in [6.45, 7) is 6.41. The number of nitrogens with zero attached hydrogens (tertiary/aromatic N) is 5. The van der Waals surface area contributed by atoms with Gasteiger partial charge < -0.3 is 9.80 Å². The first-order valence-corrected chi connectivity index (χ1v) is 12.3. The van der Waals surface area contributed by atoms with Crippen LogP contribution in [0.3, 0.4) is 0 Å². The van der Waals surface area contributed by atoms with Gasteiger partial charge in [0.15, 0.2) is 5.13 Å². The standard InChI is InChI=1S/C24H29FN6OS.2ClH/c1-16-20(14-26-31(16)15-17-6-8-19(25)9-7-17)22(32)28-24-27-21(18-4-3-5-18)23(33-24)30-12-10-29(2)11-13-30;;/h6-9,14,18H,3-5,10-13,15H2,1-2H3,(H,27,28,32);2*1H. The Kier molecular flexibility index (Phi) is 9.15. The van der Waals surface area contributed by atoms with Crippen molar-refractivity contribution in [2.75, 3.05) is 43.4 Å². The number of aromatic nitrogens is 3. The Morgan fingerprint density at radius 2 is 1.83 bits per heavy atom. The Labute approximate surface area is 221 Å². The average molecular weight is 542 g/mol. The zero-order valence-corrected chi connectivity index (χ0v) is 22.3. The second-order valence-corrected chi connectivity index (χ2v) is 9.99. The second-order valence-electron chi connectivity index (χ2n) is 9.01. The molecule has 2 aliphatic rings. The quantitative estimate of drug-likeness (QED) is 0.479. The van der Waals surface area contributed by atoms with E-state index in [9.17, 15) is 9.18 Å². The van der Waals surface area contributed by atoms with Crippen LogP contribution in [-0.2, 0) is 6.54 Å². The van der Waals surface area contributed by atoms with Gasteiger partial charge in [-0.2, -0.15) is 5.10 Å². The van der Waals surface area contributed by atoms with Gasteiger partial charge >= 0.3 is 0 Å². The van der Waals surface area contributed by atoms with Crippen molar-refractivity contribution in [3.05, 3.63) is 58.8 Å². The molecule has 1 N–H and O–H groups in total. The molecule has 1 amide bonds. The van der Waals surface area contributed by atoms with Crippen LogP contribution in [0.5, 0.6) is 0 Å². The van der Waals surface area contributed by atoms with Crippen LogP contribution in [0.2, 0.25) is 0 Å². The molecule has 1 aliphatic heterocycles. The Morgan fingerprint density at radius 1 is 1.14 bits per heavy atom. The summed E-state index contributed by atoms with van der Waals surface area (Å²) in [4.78, 5) is 22.7. The van der Waals surface area contributed by atoms with Crippen molar-refractivity contribution < 1.29 is 9.18 Å². The minimum absolute atomic E-state index is 0. The van der Waals surface area contributed by atoms with Gasteiger partial charge in [0.2, 0.25) is 0 Å². The summed E-state index contributed by atoms with van der Waals surface area (Å²) in [5, 5.41) is 9.27. The number of amides is 1. The van der Waals surface area contributed by atoms with E-state index in [0.29, 0.717) is 23.2 Å². The maximum atomic E-state index is 13.2. The highest BCUT2D eigenvalue weighted by Crippen LogP contribution is 2.44. The fourth-order valence-corrected chi connectivity index (χ4v) is 5.42. The molecule has 11 heteroatoms. The topological polar surface area (TPSA) is 66.3 Å². The third-order valence-corrected chi connectivity index (χ3v) is 7.78. The van der Waals surface area contributed by atoms with Gasteiger partial charge in [-0.3, -0.25) is 14.8 Å². The van der Waals surface area contributed by atoms with E-state index in [2.05, 4.69) is 27.3 Å². The molecule has 190 valence electrons. The molecule has 5 rings (SSSR count). The summed E-state index contributed by atoms with van der Waals surface area (Å²) >= 11 is 1.59. The number of carbonyl (C=O) groups is 1. The van der Waals surface area contributed by atoms with E-state index in [0.717, 1.165) is 43.1 Å². The van der Waals surface area contributed by atoms with Crippen molar-refractivity contribution in [3.8, 4) is 0 Å². The lowest BCUT2D eigenvalue weighted by molar-refractivity contribution is 0.102. The van der Waals surface area contributed by atoms with Crippen molar-refractivity contribution in [2.24, 2.45) is 0 Å². The molecule has 2 fully saturated rings. The first kappa shape index (κ1) is 27.4. The molecular weight excluding hydrogens is 510 g/mol. The Morgan fingerprint density at radius 3 is 2.46 bits per heavy atom. The highest BCUT2D eigenvalue weighted by Gasteiger charge is 2.30. The minimum Gasteiger partial charge on any atom is -0.359 e. The summed E-state index contributed by atoms with van der Waals surface area (Å²) in [5.74, 6) is 0.0371. The van der Waals surface area contributed by atoms with E-state index >= 15 is 0 Å². The monoisotopic (exact) mass is 540 g/mol. The summed E-state index contributed by atoms with van der Waals surface area (Å²) in [7, 11) is 2.15. The van der Waals surface area contributed by atoms with Crippen LogP contribution in [-0.4, -0.2) is 58.8 Å². The Balaban J connectivity index is 0.00000171. The number of piperazine rings is 1. The number of benzene rings is 1. The van der Waals surface area contributed by atoms with Crippen LogP contribution < -0.4 is 10.2 Å². The maximum absolute atomic E-state index is 13.2. The van der Waals surface area contributed by atoms with Gasteiger partial charge in [0, 0.05) is 37.8 Å². The first-order chi connectivity index (χ1) is 16.0. The molecule has 0 spiro atoms. The summed E-state index contributed by atoms with van der Waals surface area (Å²) < 4.78 is 14.9. The number of likely N-dealkylation sites (N-methyl/N-ethyl adjacent to an activating group) is 1. The highest BCUT2D eigenvalue weighted by molar-refractivity contribution is 7.19. The predicted octanol–water partition coefficient (Wildman–Crippen LogP) is 4.95. The van der Waals surface area contributed by atoms with Gasteiger partial charge in [-0.25, -0.2) is 9.37 Å². The molecular formula is C24H31Cl2FN6OS. The first-order valence-electron chi connectivity index (χ1n) is 11.5. The third-order valence-electron chi connectivity index (χ3n) is 6.73. The normalized spacial score (nSPS) is 16.3. The summed E-state index contributed by atoms with van der Waals surface area (Å²) in [6, 6.07) is 6.32. The molecule has 0 unspecified atom stereocenters. The number of hydrogen-bond acceptors (Lipinski definition) is 6. The Bertz CT molecular complexity index is 1140. The molecule has 2 aromatic heterocycles. The molecule has 7 nitrogen and oxygen atoms in total. The fraction of sp³-hybridized carbons (Fsp3) is 0.458. The lowest BCUT2D eigenvalue weighted by Crippen LogP contribution is -2.44. The van der Waals surface area contributed by atoms with Gasteiger partial charge in [-0.05, 0) is 44.5 Å². The predicted molar refractivity (Wildman–Crippen MR) is 143 cm³/mol. The zero-order chi connectivity index (χ0) is 22.9. The van der Waals surface area contributed by atoms with Crippen LogP contribution in [0.4, 0.5) is 14.5 Å². The van der Waals surface area contributed by atoms with Gasteiger partial charge in [0.05, 0.1) is 24.0 Å². The van der Waals surface area contributed by atoms with Crippen LogP contribution in [0, 0.1) is 12.7 Å². The molecule has 0 atom stereocenters. The van der Waals surface area contributed by atoms with E-state index in [-0.39, 0.29) is 36.5 Å². The lowest BCUT2D eigenvalue weighted by Gasteiger charge is -2.35. The van der Waals surface area contributed by atoms with Gasteiger partial charge in [-0.15, -0.1) is 24.8 Å². The molecule has 35 heavy (non-hydrogen) atoms. The number of halogens is 3. The van der Waals surface area contributed by atoms with Gasteiger partial charge in [0.1, 0.15) is 10.8 Å². The van der Waals surface area contributed by atoms with Crippen molar-refractivity contribution in [1.82, 2.24) is 19.7 Å². The molecule has 1 aromatic carbocycles. The molecule has 0 radical (unpaired) electrons. The molecule has 3 aromatic rings. The van der Waals surface area contributed by atoms with E-state index < -0.39 is 0 Å². The van der Waals surface area contributed by atoms with Gasteiger partial charge in [0.25, 0.3) is 5.91 Å². The average Bonchev–Trinajstić information content (AvgIpc) is 3.33. The van der Waals surface area contributed by atoms with E-state index in [1.165, 1.54) is 36.4 Å². The molecule has 1 saturated carbocycles. The lowest BCUT2D eigenvalue weighted by atomic mass is 9.83. The van der Waals surface area contributed by atoms with Crippen molar-refractivity contribution in [1.29, 1.82) is 0 Å². The van der Waals surface area contributed by atoms with Crippen molar-refractivity contribution in [3.63, 3.8) is 0 Å². The number of anilines is 2. The smallest absolute Gasteiger partial charge is 0.260 e. The van der Waals surface area contributed by atoms with Crippen LogP contribution >= 0.6 is 36.2 Å². The maximum Gasteiger partial charge on any atom is 0.260 e. The van der Waals surface area contributed by atoms with Crippen LogP contribution in [0.25, 0.3) is 0 Å². The van der Waals surface area contributed by atoms with Crippen molar-refractivity contribution >= 4 is 52.2 Å². The summed E-state index contributed by atoms with van der Waals surface area (Å²) in [5.41, 5.74) is 3.37. The largest absolute Gasteiger partial charge is 0.359 e. The highest BCUT2D eigenvalue weighted by atomic mass is 35.5. The van der Waals surface area contributed by atoms with Crippen molar-refractivity contribution in [2.45, 2.75) is 38.6 Å². The number of carbonyl (C=O) groups excluding carboxylic acids is 1. The fourth-order valence-electron chi connectivity index (χ4n) is 4.32. The van der Waals surface area contributed by atoms with E-state index in [1.54, 1.807) is 34.3 Å². The zero-order valence-electron chi connectivity index (χ0n) is 19.9. The number of thiazole rings is 1. The molecule has 1 aliphatic carbocycles. The van der Waals surface area contributed by atoms with Gasteiger partial charge in [-0.1, -0.05) is 29.9 Å². The van der Waals surface area contributed by atoms with E-state index in [1.807, 2.05) is 6.92 Å². The molecule has 0 bridgehead atoms. The van der Waals surface area contributed by atoms with Crippen LogP contribution in [0.15, 0.2) is 30.5 Å². The SMILES string of the molecule is Cc1c(C(=O)Nc2nc(C3CCC3)c(N3CCN(C)CC3)s2)cnn1Cc1ccc(F)cc1.Cl.Cl. The number of rotatable bonds is 6. The number of nitrogens with one attached hydrogen (secondary N) is 1.